The molecule has 0 fully saturated rings. The quantitative estimate of drug-likeness (QED) is 0.888. The molecule has 0 aliphatic heterocycles. The van der Waals surface area contributed by atoms with Gasteiger partial charge in [0.15, 0.2) is 0 Å². The zero-order valence-corrected chi connectivity index (χ0v) is 11.9. The highest BCUT2D eigenvalue weighted by molar-refractivity contribution is 5.67. The van der Waals surface area contributed by atoms with Gasteiger partial charge in [0, 0.05) is 6.54 Å². The molecule has 1 aromatic carbocycles. The predicted octanol–water partition coefficient (Wildman–Crippen LogP) is 3.62. The standard InChI is InChI=1S/C15H23NO2/c1-11-6-8-13(9-7-11)12(2)10-16-14(17)18-15(3,4)5/h6-9,12H,10H2,1-5H3,(H,16,17). The van der Waals surface area contributed by atoms with Gasteiger partial charge in [0.25, 0.3) is 0 Å². The van der Waals surface area contributed by atoms with Crippen LogP contribution in [-0.4, -0.2) is 18.2 Å². The van der Waals surface area contributed by atoms with Gasteiger partial charge in [-0.25, -0.2) is 4.79 Å². The number of carbonyl (C=O) groups excluding carboxylic acids is 1. The lowest BCUT2D eigenvalue weighted by molar-refractivity contribution is 0.0525. The minimum Gasteiger partial charge on any atom is -0.444 e. The van der Waals surface area contributed by atoms with E-state index in [0.717, 1.165) is 0 Å². The van der Waals surface area contributed by atoms with Gasteiger partial charge in [-0.2, -0.15) is 0 Å². The van der Waals surface area contributed by atoms with Gasteiger partial charge in [-0.3, -0.25) is 0 Å². The molecule has 0 spiro atoms. The van der Waals surface area contributed by atoms with E-state index < -0.39 is 5.60 Å². The average Bonchev–Trinajstić information content (AvgIpc) is 2.24. The molecule has 0 saturated carbocycles. The largest absolute Gasteiger partial charge is 0.444 e. The van der Waals surface area contributed by atoms with E-state index in [-0.39, 0.29) is 12.0 Å². The maximum absolute atomic E-state index is 11.5. The highest BCUT2D eigenvalue weighted by atomic mass is 16.6. The minimum atomic E-state index is -0.447. The predicted molar refractivity (Wildman–Crippen MR) is 73.8 cm³/mol. The summed E-state index contributed by atoms with van der Waals surface area (Å²) in [6.45, 7) is 10.3. The molecule has 0 heterocycles. The van der Waals surface area contributed by atoms with Crippen molar-refractivity contribution in [1.29, 1.82) is 0 Å². The first-order valence-corrected chi connectivity index (χ1v) is 6.31. The summed E-state index contributed by atoms with van der Waals surface area (Å²) in [7, 11) is 0. The van der Waals surface area contributed by atoms with Crippen molar-refractivity contribution in [3.8, 4) is 0 Å². The lowest BCUT2D eigenvalue weighted by atomic mass is 10.0. The number of rotatable bonds is 3. The normalized spacial score (nSPS) is 12.9. The fourth-order valence-electron chi connectivity index (χ4n) is 1.56. The first-order chi connectivity index (χ1) is 8.28. The molecule has 100 valence electrons. The van der Waals surface area contributed by atoms with E-state index in [1.807, 2.05) is 20.8 Å². The third-order valence-corrected chi connectivity index (χ3v) is 2.60. The van der Waals surface area contributed by atoms with Crippen molar-refractivity contribution in [2.24, 2.45) is 0 Å². The van der Waals surface area contributed by atoms with Gasteiger partial charge in [0.05, 0.1) is 0 Å². The number of amides is 1. The third-order valence-electron chi connectivity index (χ3n) is 2.60. The molecular formula is C15H23NO2. The van der Waals surface area contributed by atoms with Crippen LogP contribution >= 0.6 is 0 Å². The average molecular weight is 249 g/mol. The van der Waals surface area contributed by atoms with Crippen LogP contribution in [0.25, 0.3) is 0 Å². The van der Waals surface area contributed by atoms with Crippen molar-refractivity contribution in [2.45, 2.75) is 46.1 Å². The van der Waals surface area contributed by atoms with Gasteiger partial charge in [0.2, 0.25) is 0 Å². The summed E-state index contributed by atoms with van der Waals surface area (Å²) in [6, 6.07) is 8.35. The molecule has 1 unspecified atom stereocenters. The van der Waals surface area contributed by atoms with Crippen LogP contribution in [0.4, 0.5) is 4.79 Å². The maximum atomic E-state index is 11.5. The summed E-state index contributed by atoms with van der Waals surface area (Å²) in [5.74, 6) is 0.276. The van der Waals surface area contributed by atoms with E-state index >= 15 is 0 Å². The molecule has 1 amide bonds. The molecule has 1 N–H and O–H groups in total. The van der Waals surface area contributed by atoms with E-state index in [2.05, 4.69) is 43.4 Å². The lowest BCUT2D eigenvalue weighted by Crippen LogP contribution is -2.34. The van der Waals surface area contributed by atoms with E-state index in [0.29, 0.717) is 6.54 Å². The third kappa shape index (κ3) is 5.21. The lowest BCUT2D eigenvalue weighted by Gasteiger charge is -2.21. The highest BCUT2D eigenvalue weighted by Crippen LogP contribution is 2.15. The summed E-state index contributed by atoms with van der Waals surface area (Å²) in [5.41, 5.74) is 2.01. The fraction of sp³-hybridized carbons (Fsp3) is 0.533. The minimum absolute atomic E-state index is 0.276. The Morgan fingerprint density at radius 2 is 1.83 bits per heavy atom. The Morgan fingerprint density at radius 3 is 2.33 bits per heavy atom. The number of carbonyl (C=O) groups is 1. The Bertz CT molecular complexity index is 390. The van der Waals surface area contributed by atoms with Gasteiger partial charge in [-0.05, 0) is 39.2 Å². The van der Waals surface area contributed by atoms with Crippen LogP contribution in [0.1, 0.15) is 44.7 Å². The summed E-state index contributed by atoms with van der Waals surface area (Å²) in [4.78, 5) is 11.5. The zero-order valence-electron chi connectivity index (χ0n) is 11.9. The van der Waals surface area contributed by atoms with Gasteiger partial charge >= 0.3 is 6.09 Å². The second-order valence-corrected chi connectivity index (χ2v) is 5.69. The molecule has 18 heavy (non-hydrogen) atoms. The first kappa shape index (κ1) is 14.6. The molecule has 1 atom stereocenters. The molecule has 0 saturated heterocycles. The van der Waals surface area contributed by atoms with E-state index in [4.69, 9.17) is 4.74 Å². The Morgan fingerprint density at radius 1 is 1.28 bits per heavy atom. The number of hydrogen-bond donors (Lipinski definition) is 1. The Labute approximate surface area is 110 Å². The van der Waals surface area contributed by atoms with Crippen molar-refractivity contribution in [3.05, 3.63) is 35.4 Å². The Kier molecular flexibility index (Phi) is 4.76. The number of alkyl carbamates (subject to hydrolysis) is 1. The van der Waals surface area contributed by atoms with E-state index in [1.54, 1.807) is 0 Å². The zero-order chi connectivity index (χ0) is 13.8. The number of ether oxygens (including phenoxy) is 1. The molecule has 3 heteroatoms. The first-order valence-electron chi connectivity index (χ1n) is 6.31. The van der Waals surface area contributed by atoms with Crippen LogP contribution in [0.2, 0.25) is 0 Å². The smallest absolute Gasteiger partial charge is 0.407 e. The molecule has 0 aliphatic carbocycles. The molecule has 1 rings (SSSR count). The van der Waals surface area contributed by atoms with Gasteiger partial charge < -0.3 is 10.1 Å². The number of benzene rings is 1. The topological polar surface area (TPSA) is 38.3 Å². The Hall–Kier alpha value is -1.51. The number of aryl methyl sites for hydroxylation is 1. The second-order valence-electron chi connectivity index (χ2n) is 5.69. The molecule has 0 radical (unpaired) electrons. The van der Waals surface area contributed by atoms with Crippen LogP contribution in [0.3, 0.4) is 0 Å². The number of hydrogen-bond acceptors (Lipinski definition) is 2. The van der Waals surface area contributed by atoms with Crippen LogP contribution < -0.4 is 5.32 Å². The second kappa shape index (κ2) is 5.89. The summed E-state index contributed by atoms with van der Waals surface area (Å²) in [5, 5.41) is 2.79. The molecule has 0 aromatic heterocycles. The highest BCUT2D eigenvalue weighted by Gasteiger charge is 2.16. The van der Waals surface area contributed by atoms with Crippen LogP contribution in [0.15, 0.2) is 24.3 Å². The van der Waals surface area contributed by atoms with Crippen LogP contribution in [0.5, 0.6) is 0 Å². The van der Waals surface area contributed by atoms with Crippen molar-refractivity contribution in [2.75, 3.05) is 6.54 Å². The van der Waals surface area contributed by atoms with Gasteiger partial charge in [-0.1, -0.05) is 36.8 Å². The van der Waals surface area contributed by atoms with Crippen molar-refractivity contribution < 1.29 is 9.53 Å². The molecular weight excluding hydrogens is 226 g/mol. The molecule has 1 aromatic rings. The van der Waals surface area contributed by atoms with E-state index in [1.165, 1.54) is 11.1 Å². The van der Waals surface area contributed by atoms with E-state index in [9.17, 15) is 4.79 Å². The number of nitrogens with one attached hydrogen (secondary N) is 1. The van der Waals surface area contributed by atoms with Gasteiger partial charge in [0.1, 0.15) is 5.60 Å². The molecule has 0 aliphatic rings. The van der Waals surface area contributed by atoms with Crippen molar-refractivity contribution in [3.63, 3.8) is 0 Å². The fourth-order valence-corrected chi connectivity index (χ4v) is 1.56. The summed E-state index contributed by atoms with van der Waals surface area (Å²) in [6.07, 6.45) is -0.360. The summed E-state index contributed by atoms with van der Waals surface area (Å²) < 4.78 is 5.19. The van der Waals surface area contributed by atoms with Crippen molar-refractivity contribution >= 4 is 6.09 Å². The van der Waals surface area contributed by atoms with Crippen LogP contribution in [-0.2, 0) is 4.74 Å². The van der Waals surface area contributed by atoms with Crippen LogP contribution in [0, 0.1) is 6.92 Å². The van der Waals surface area contributed by atoms with Gasteiger partial charge in [-0.15, -0.1) is 0 Å². The Balaban J connectivity index is 2.44. The SMILES string of the molecule is Cc1ccc(C(C)CNC(=O)OC(C)(C)C)cc1. The summed E-state index contributed by atoms with van der Waals surface area (Å²) >= 11 is 0. The van der Waals surface area contributed by atoms with Crippen molar-refractivity contribution in [1.82, 2.24) is 5.32 Å². The molecule has 0 bridgehead atoms. The monoisotopic (exact) mass is 249 g/mol. The molecule has 3 nitrogen and oxygen atoms in total. The maximum Gasteiger partial charge on any atom is 0.407 e.